The third-order valence-corrected chi connectivity index (χ3v) is 3.60. The van der Waals surface area contributed by atoms with Gasteiger partial charge >= 0.3 is 15.6 Å². The molecule has 1 aromatic carbocycles. The van der Waals surface area contributed by atoms with Crippen LogP contribution in [0.5, 0.6) is 5.75 Å². The number of hydrogen-bond acceptors (Lipinski definition) is 4. The van der Waals surface area contributed by atoms with E-state index in [1.807, 2.05) is 0 Å². The van der Waals surface area contributed by atoms with Gasteiger partial charge in [-0.3, -0.25) is 4.79 Å². The van der Waals surface area contributed by atoms with Gasteiger partial charge in [0.1, 0.15) is 5.75 Å². The van der Waals surface area contributed by atoms with Crippen LogP contribution in [0, 0.1) is 0 Å². The summed E-state index contributed by atoms with van der Waals surface area (Å²) in [5.74, 6) is -0.986. The van der Waals surface area contributed by atoms with E-state index in [9.17, 15) is 26.4 Å². The first-order chi connectivity index (χ1) is 9.62. The normalized spacial score (nSPS) is 12.0. The molecule has 0 atom stereocenters. The van der Waals surface area contributed by atoms with Crippen molar-refractivity contribution in [1.29, 1.82) is 0 Å². The molecule has 0 heterocycles. The third-order valence-electron chi connectivity index (χ3n) is 2.62. The van der Waals surface area contributed by atoms with E-state index in [-0.39, 0.29) is 5.56 Å². The summed E-state index contributed by atoms with van der Waals surface area (Å²) in [7, 11) is -5.75. The van der Waals surface area contributed by atoms with Crippen molar-refractivity contribution >= 4 is 16.0 Å². The van der Waals surface area contributed by atoms with Crippen LogP contribution in [0.4, 0.5) is 13.2 Å². The Morgan fingerprint density at radius 1 is 1.24 bits per heavy atom. The zero-order chi connectivity index (χ0) is 16.3. The highest BCUT2D eigenvalue weighted by Crippen LogP contribution is 2.27. The Balaban J connectivity index is 3.05. The molecule has 118 valence electrons. The maximum absolute atomic E-state index is 12.2. The predicted octanol–water partition coefficient (Wildman–Crippen LogP) is 2.40. The second-order valence-electron chi connectivity index (χ2n) is 3.99. The smallest absolute Gasteiger partial charge is 0.376 e. The molecule has 0 saturated heterocycles. The lowest BCUT2D eigenvalue weighted by atomic mass is 10.2. The van der Waals surface area contributed by atoms with Crippen molar-refractivity contribution in [2.45, 2.75) is 19.4 Å². The van der Waals surface area contributed by atoms with Crippen molar-refractivity contribution in [3.63, 3.8) is 0 Å². The first-order valence-corrected chi connectivity index (χ1v) is 7.43. The minimum atomic E-state index is -5.75. The van der Waals surface area contributed by atoms with Gasteiger partial charge in [-0.2, -0.15) is 21.6 Å². The predicted molar refractivity (Wildman–Crippen MR) is 69.3 cm³/mol. The zero-order valence-corrected chi connectivity index (χ0v) is 12.2. The molecule has 0 spiro atoms. The third kappa shape index (κ3) is 4.10. The van der Waals surface area contributed by atoms with Gasteiger partial charge in [-0.25, -0.2) is 0 Å². The second-order valence-corrected chi connectivity index (χ2v) is 5.53. The summed E-state index contributed by atoms with van der Waals surface area (Å²) in [6, 6.07) is 4.61. The number of benzene rings is 1. The molecule has 21 heavy (non-hydrogen) atoms. The van der Waals surface area contributed by atoms with Crippen LogP contribution in [0.2, 0.25) is 0 Å². The Labute approximate surface area is 120 Å². The van der Waals surface area contributed by atoms with Gasteiger partial charge in [0.15, 0.2) is 0 Å². The second kappa shape index (κ2) is 6.33. The van der Waals surface area contributed by atoms with Gasteiger partial charge in [0.05, 0.1) is 0 Å². The van der Waals surface area contributed by atoms with Crippen molar-refractivity contribution in [2.24, 2.45) is 0 Å². The average molecular weight is 325 g/mol. The molecule has 0 aliphatic carbocycles. The van der Waals surface area contributed by atoms with Crippen LogP contribution in [0.3, 0.4) is 0 Å². The van der Waals surface area contributed by atoms with Gasteiger partial charge in [-0.15, -0.1) is 0 Å². The number of hydrogen-bond donors (Lipinski definition) is 0. The summed E-state index contributed by atoms with van der Waals surface area (Å²) in [6.07, 6.45) is 0. The fourth-order valence-electron chi connectivity index (χ4n) is 1.55. The molecule has 0 aromatic heterocycles. The molecule has 1 rings (SSSR count). The lowest BCUT2D eigenvalue weighted by molar-refractivity contribution is -0.0500. The summed E-state index contributed by atoms with van der Waals surface area (Å²) in [6.45, 7) is 4.33. The van der Waals surface area contributed by atoms with Crippen molar-refractivity contribution < 1.29 is 30.6 Å². The van der Waals surface area contributed by atoms with Gasteiger partial charge < -0.3 is 9.08 Å². The van der Waals surface area contributed by atoms with E-state index in [1.165, 1.54) is 17.0 Å². The van der Waals surface area contributed by atoms with Crippen LogP contribution in [0.1, 0.15) is 24.2 Å². The fourth-order valence-corrected chi connectivity index (χ4v) is 2.00. The molecule has 1 aromatic rings. The fraction of sp³-hybridized carbons (Fsp3) is 0.417. The number of nitrogens with zero attached hydrogens (tertiary/aromatic N) is 1. The molecule has 5 nitrogen and oxygen atoms in total. The maximum atomic E-state index is 12.2. The van der Waals surface area contributed by atoms with Gasteiger partial charge in [-0.1, -0.05) is 6.07 Å². The molecule has 0 bridgehead atoms. The van der Waals surface area contributed by atoms with E-state index in [0.717, 1.165) is 12.1 Å². The number of carbonyl (C=O) groups is 1. The first kappa shape index (κ1) is 17.3. The summed E-state index contributed by atoms with van der Waals surface area (Å²) >= 11 is 0. The SMILES string of the molecule is CCN(CC)C(=O)c1cccc(OS(=O)(=O)C(F)(F)F)c1. The summed E-state index contributed by atoms with van der Waals surface area (Å²) in [4.78, 5) is 13.5. The Kier molecular flexibility index (Phi) is 5.21. The number of rotatable bonds is 5. The van der Waals surface area contributed by atoms with Gasteiger partial charge in [0, 0.05) is 18.7 Å². The molecular weight excluding hydrogens is 311 g/mol. The molecule has 0 saturated carbocycles. The van der Waals surface area contributed by atoms with E-state index in [1.54, 1.807) is 13.8 Å². The highest BCUT2D eigenvalue weighted by molar-refractivity contribution is 7.88. The molecule has 9 heteroatoms. The van der Waals surface area contributed by atoms with E-state index < -0.39 is 27.3 Å². The van der Waals surface area contributed by atoms with E-state index in [0.29, 0.717) is 13.1 Å². The van der Waals surface area contributed by atoms with E-state index in [4.69, 9.17) is 0 Å². The highest BCUT2D eigenvalue weighted by atomic mass is 32.2. The monoisotopic (exact) mass is 325 g/mol. The summed E-state index contributed by atoms with van der Waals surface area (Å²) in [5.41, 5.74) is -5.47. The molecule has 0 aliphatic rings. The lowest BCUT2D eigenvalue weighted by Crippen LogP contribution is -2.30. The quantitative estimate of drug-likeness (QED) is 0.616. The Morgan fingerprint density at radius 2 is 1.81 bits per heavy atom. The van der Waals surface area contributed by atoms with E-state index in [2.05, 4.69) is 4.18 Å². The molecule has 0 fully saturated rings. The first-order valence-electron chi connectivity index (χ1n) is 6.02. The Hall–Kier alpha value is -1.77. The average Bonchev–Trinajstić information content (AvgIpc) is 2.38. The largest absolute Gasteiger partial charge is 0.534 e. The molecule has 0 N–H and O–H groups in total. The number of halogens is 3. The van der Waals surface area contributed by atoms with Gasteiger partial charge in [0.2, 0.25) is 0 Å². The number of amides is 1. The van der Waals surface area contributed by atoms with Crippen LogP contribution in [-0.2, 0) is 10.1 Å². The van der Waals surface area contributed by atoms with Crippen molar-refractivity contribution in [3.05, 3.63) is 29.8 Å². The minimum absolute atomic E-state index is 0.0496. The summed E-state index contributed by atoms with van der Waals surface area (Å²) < 4.78 is 62.5. The van der Waals surface area contributed by atoms with Crippen molar-refractivity contribution in [1.82, 2.24) is 4.90 Å². The Bertz CT molecular complexity index is 609. The molecule has 1 amide bonds. The highest BCUT2D eigenvalue weighted by Gasteiger charge is 2.48. The molecule has 0 radical (unpaired) electrons. The van der Waals surface area contributed by atoms with Crippen LogP contribution in [0.15, 0.2) is 24.3 Å². The van der Waals surface area contributed by atoms with Crippen LogP contribution < -0.4 is 4.18 Å². The Morgan fingerprint density at radius 3 is 2.29 bits per heavy atom. The van der Waals surface area contributed by atoms with Crippen LogP contribution >= 0.6 is 0 Å². The van der Waals surface area contributed by atoms with Crippen LogP contribution in [-0.4, -0.2) is 37.8 Å². The lowest BCUT2D eigenvalue weighted by Gasteiger charge is -2.19. The summed E-state index contributed by atoms with van der Waals surface area (Å²) in [5, 5.41) is 0. The number of alkyl halides is 3. The van der Waals surface area contributed by atoms with Crippen molar-refractivity contribution in [3.8, 4) is 5.75 Å². The van der Waals surface area contributed by atoms with Gasteiger partial charge in [-0.05, 0) is 32.0 Å². The number of carbonyl (C=O) groups excluding carboxylic acids is 1. The van der Waals surface area contributed by atoms with Crippen molar-refractivity contribution in [2.75, 3.05) is 13.1 Å². The van der Waals surface area contributed by atoms with Gasteiger partial charge in [0.25, 0.3) is 5.91 Å². The molecule has 0 aliphatic heterocycles. The molecular formula is C12H14F3NO4S. The zero-order valence-electron chi connectivity index (χ0n) is 11.3. The van der Waals surface area contributed by atoms with Crippen LogP contribution in [0.25, 0.3) is 0 Å². The maximum Gasteiger partial charge on any atom is 0.534 e. The van der Waals surface area contributed by atoms with E-state index >= 15 is 0 Å². The topological polar surface area (TPSA) is 63.7 Å². The molecule has 0 unspecified atom stereocenters. The minimum Gasteiger partial charge on any atom is -0.376 e. The standard InChI is InChI=1S/C12H14F3NO4S/c1-3-16(4-2)11(17)9-6-5-7-10(8-9)20-21(18,19)12(13,14)15/h5-8H,3-4H2,1-2H3.